The summed E-state index contributed by atoms with van der Waals surface area (Å²) in [4.78, 5) is 35.4. The van der Waals surface area contributed by atoms with E-state index in [1.165, 1.54) is 17.0 Å². The van der Waals surface area contributed by atoms with Gasteiger partial charge in [0.15, 0.2) is 5.82 Å². The lowest BCUT2D eigenvalue weighted by Gasteiger charge is -2.10. The molecule has 9 nitrogen and oxygen atoms in total. The largest absolute Gasteiger partial charge is 0.337 e. The molecule has 1 N–H and O–H groups in total. The van der Waals surface area contributed by atoms with E-state index in [-0.39, 0.29) is 18.6 Å². The smallest absolute Gasteiger partial charge is 0.278 e. The zero-order chi connectivity index (χ0) is 24.1. The predicted molar refractivity (Wildman–Crippen MR) is 127 cm³/mol. The van der Waals surface area contributed by atoms with Crippen LogP contribution in [0.15, 0.2) is 58.1 Å². The highest BCUT2D eigenvalue weighted by atomic mass is 19.1. The van der Waals surface area contributed by atoms with Gasteiger partial charge in [0, 0.05) is 17.0 Å². The Morgan fingerprint density at radius 1 is 1.23 bits per heavy atom. The van der Waals surface area contributed by atoms with E-state index in [9.17, 15) is 14.0 Å². The Morgan fingerprint density at radius 2 is 2.06 bits per heavy atom. The van der Waals surface area contributed by atoms with Crippen LogP contribution in [0, 0.1) is 12.7 Å². The number of aryl methyl sites for hydroxylation is 1. The van der Waals surface area contributed by atoms with Crippen molar-refractivity contribution < 1.29 is 13.7 Å². The van der Waals surface area contributed by atoms with Gasteiger partial charge in [-0.3, -0.25) is 14.2 Å². The van der Waals surface area contributed by atoms with Gasteiger partial charge in [-0.1, -0.05) is 29.4 Å². The average molecular weight is 472 g/mol. The van der Waals surface area contributed by atoms with Crippen LogP contribution < -0.4 is 10.9 Å². The Balaban J connectivity index is 1.38. The second kappa shape index (κ2) is 8.15. The molecule has 1 saturated carbocycles. The van der Waals surface area contributed by atoms with Crippen LogP contribution in [0.4, 0.5) is 10.1 Å². The maximum Gasteiger partial charge on any atom is 0.278 e. The highest BCUT2D eigenvalue weighted by Gasteiger charge is 2.29. The lowest BCUT2D eigenvalue weighted by molar-refractivity contribution is -0.116. The lowest BCUT2D eigenvalue weighted by Crippen LogP contribution is -2.25. The highest BCUT2D eigenvalue weighted by Crippen LogP contribution is 2.38. The molecule has 0 unspecified atom stereocenters. The fourth-order valence-corrected chi connectivity index (χ4v) is 4.23. The first kappa shape index (κ1) is 21.2. The standard InChI is InChI=1S/C25H21FN6O3/c1-14-6-9-16(10-18(14)26)28-20(33)11-32-19-5-3-2-4-17(19)22-23(32)25(34)31(13-27-22)12-21-29-24(30-35-21)15-7-8-15/h2-6,9-10,13,15H,7-8,11-12H2,1H3,(H,28,33). The fourth-order valence-electron chi connectivity index (χ4n) is 4.23. The molecule has 35 heavy (non-hydrogen) atoms. The van der Waals surface area contributed by atoms with Crippen molar-refractivity contribution in [2.75, 3.05) is 5.32 Å². The summed E-state index contributed by atoms with van der Waals surface area (Å²) >= 11 is 0. The van der Waals surface area contributed by atoms with Crippen molar-refractivity contribution in [1.82, 2.24) is 24.3 Å². The number of hydrogen-bond acceptors (Lipinski definition) is 6. The third kappa shape index (κ3) is 3.86. The molecular formula is C25H21FN6O3. The number of amides is 1. The van der Waals surface area contributed by atoms with Crippen LogP contribution >= 0.6 is 0 Å². The maximum atomic E-state index is 13.9. The van der Waals surface area contributed by atoms with Crippen LogP contribution in [0.3, 0.4) is 0 Å². The number of para-hydroxylation sites is 1. The second-order valence-corrected chi connectivity index (χ2v) is 8.81. The Morgan fingerprint density at radius 3 is 2.86 bits per heavy atom. The third-order valence-electron chi connectivity index (χ3n) is 6.22. The highest BCUT2D eigenvalue weighted by molar-refractivity contribution is 6.06. The number of carbonyl (C=O) groups excluding carboxylic acids is 1. The van der Waals surface area contributed by atoms with Gasteiger partial charge < -0.3 is 14.4 Å². The van der Waals surface area contributed by atoms with E-state index in [1.807, 2.05) is 24.3 Å². The van der Waals surface area contributed by atoms with Crippen LogP contribution in [0.2, 0.25) is 0 Å². The molecule has 10 heteroatoms. The number of aromatic nitrogens is 5. The first-order chi connectivity index (χ1) is 17.0. The number of nitrogens with zero attached hydrogens (tertiary/aromatic N) is 5. The van der Waals surface area contributed by atoms with Crippen molar-refractivity contribution in [3.8, 4) is 0 Å². The topological polar surface area (TPSA) is 108 Å². The van der Waals surface area contributed by atoms with E-state index < -0.39 is 11.7 Å². The number of halogens is 1. The van der Waals surface area contributed by atoms with Crippen molar-refractivity contribution in [2.24, 2.45) is 0 Å². The SMILES string of the molecule is Cc1ccc(NC(=O)Cn2c3ccccc3c3ncn(Cc4nc(C5CC5)no4)c(=O)c32)cc1F. The van der Waals surface area contributed by atoms with Gasteiger partial charge in [-0.2, -0.15) is 4.98 Å². The van der Waals surface area contributed by atoms with Crippen LogP contribution in [0.25, 0.3) is 21.9 Å². The number of rotatable bonds is 6. The Hall–Kier alpha value is -4.34. The van der Waals surface area contributed by atoms with Crippen LogP contribution in [0.5, 0.6) is 0 Å². The van der Waals surface area contributed by atoms with E-state index in [4.69, 9.17) is 4.52 Å². The minimum absolute atomic E-state index is 0.0812. The summed E-state index contributed by atoms with van der Waals surface area (Å²) in [5.41, 5.74) is 2.00. The van der Waals surface area contributed by atoms with Gasteiger partial charge in [0.1, 0.15) is 29.9 Å². The van der Waals surface area contributed by atoms with Gasteiger partial charge >= 0.3 is 0 Å². The summed E-state index contributed by atoms with van der Waals surface area (Å²) < 4.78 is 22.3. The van der Waals surface area contributed by atoms with E-state index in [1.54, 1.807) is 23.6 Å². The van der Waals surface area contributed by atoms with Crippen molar-refractivity contribution in [1.29, 1.82) is 0 Å². The molecule has 0 spiro atoms. The first-order valence-electron chi connectivity index (χ1n) is 11.3. The maximum absolute atomic E-state index is 13.9. The van der Waals surface area contributed by atoms with E-state index in [0.717, 1.165) is 18.2 Å². The lowest BCUT2D eigenvalue weighted by atomic mass is 10.2. The van der Waals surface area contributed by atoms with Crippen LogP contribution in [0.1, 0.15) is 36.0 Å². The summed E-state index contributed by atoms with van der Waals surface area (Å²) in [6, 6.07) is 11.9. The number of hydrogen-bond donors (Lipinski definition) is 1. The average Bonchev–Trinajstić information content (AvgIpc) is 3.51. The van der Waals surface area contributed by atoms with Gasteiger partial charge in [-0.15, -0.1) is 0 Å². The van der Waals surface area contributed by atoms with Gasteiger partial charge in [0.2, 0.25) is 11.8 Å². The normalized spacial score (nSPS) is 13.5. The van der Waals surface area contributed by atoms with Gasteiger partial charge in [-0.05, 0) is 43.5 Å². The molecular weight excluding hydrogens is 451 g/mol. The van der Waals surface area contributed by atoms with Crippen molar-refractivity contribution in [3.05, 3.63) is 82.2 Å². The number of benzene rings is 2. The van der Waals surface area contributed by atoms with Crippen molar-refractivity contribution in [2.45, 2.75) is 38.8 Å². The molecule has 6 rings (SSSR count). The van der Waals surface area contributed by atoms with E-state index >= 15 is 0 Å². The quantitative estimate of drug-likeness (QED) is 0.403. The van der Waals surface area contributed by atoms with Gasteiger partial charge in [0.25, 0.3) is 5.56 Å². The Labute approximate surface area is 198 Å². The van der Waals surface area contributed by atoms with Gasteiger partial charge in [-0.25, -0.2) is 9.37 Å². The zero-order valence-corrected chi connectivity index (χ0v) is 18.9. The monoisotopic (exact) mass is 472 g/mol. The number of fused-ring (bicyclic) bond motifs is 3. The summed E-state index contributed by atoms with van der Waals surface area (Å²) in [6.45, 7) is 1.59. The molecule has 0 saturated heterocycles. The Bertz CT molecular complexity index is 1660. The molecule has 3 heterocycles. The summed E-state index contributed by atoms with van der Waals surface area (Å²) in [5, 5.41) is 7.47. The molecule has 1 amide bonds. The van der Waals surface area contributed by atoms with Gasteiger partial charge in [0.05, 0.1) is 11.8 Å². The van der Waals surface area contributed by atoms with Crippen molar-refractivity contribution >= 4 is 33.5 Å². The van der Waals surface area contributed by atoms with Crippen LogP contribution in [-0.4, -0.2) is 30.2 Å². The first-order valence-corrected chi connectivity index (χ1v) is 11.3. The molecule has 2 aromatic carbocycles. The Kier molecular flexibility index (Phi) is 4.94. The molecule has 0 aliphatic heterocycles. The van der Waals surface area contributed by atoms with E-state index in [0.29, 0.717) is 45.4 Å². The van der Waals surface area contributed by atoms with Crippen molar-refractivity contribution in [3.63, 3.8) is 0 Å². The molecule has 3 aromatic heterocycles. The molecule has 1 fully saturated rings. The minimum atomic E-state index is -0.405. The van der Waals surface area contributed by atoms with Crippen LogP contribution in [-0.2, 0) is 17.9 Å². The minimum Gasteiger partial charge on any atom is -0.337 e. The summed E-state index contributed by atoms with van der Waals surface area (Å²) in [6.07, 6.45) is 3.55. The second-order valence-electron chi connectivity index (χ2n) is 8.81. The zero-order valence-electron chi connectivity index (χ0n) is 18.9. The molecule has 1 aliphatic rings. The fraction of sp³-hybridized carbons (Fsp3) is 0.240. The molecule has 0 bridgehead atoms. The summed E-state index contributed by atoms with van der Waals surface area (Å²) in [7, 11) is 0. The number of nitrogens with one attached hydrogen (secondary N) is 1. The molecule has 5 aromatic rings. The van der Waals surface area contributed by atoms with E-state index in [2.05, 4.69) is 20.4 Å². The number of carbonyl (C=O) groups is 1. The molecule has 0 radical (unpaired) electrons. The summed E-state index contributed by atoms with van der Waals surface area (Å²) in [5.74, 6) is 0.541. The molecule has 0 atom stereocenters. The number of anilines is 1. The molecule has 1 aliphatic carbocycles. The third-order valence-corrected chi connectivity index (χ3v) is 6.22. The predicted octanol–water partition coefficient (Wildman–Crippen LogP) is 3.75. The molecule has 176 valence electrons.